The van der Waals surface area contributed by atoms with Crippen LogP contribution in [0.2, 0.25) is 0 Å². The maximum Gasteiger partial charge on any atom is 0.277 e. The lowest BCUT2D eigenvalue weighted by atomic mass is 10.4. The van der Waals surface area contributed by atoms with Gasteiger partial charge in [0.1, 0.15) is 11.6 Å². The summed E-state index contributed by atoms with van der Waals surface area (Å²) >= 11 is 0. The summed E-state index contributed by atoms with van der Waals surface area (Å²) < 4.78 is 6.92. The Labute approximate surface area is 138 Å². The molecule has 8 heteroatoms. The van der Waals surface area contributed by atoms with Crippen molar-refractivity contribution in [3.63, 3.8) is 0 Å². The minimum atomic E-state index is -0.298. The Bertz CT molecular complexity index is 857. The van der Waals surface area contributed by atoms with Crippen LogP contribution >= 0.6 is 0 Å². The Morgan fingerprint density at radius 2 is 2.00 bits per heavy atom. The quantitative estimate of drug-likeness (QED) is 0.779. The number of fused-ring (bicyclic) bond motifs is 1. The molecule has 1 amide bonds. The predicted molar refractivity (Wildman–Crippen MR) is 88.2 cm³/mol. The van der Waals surface area contributed by atoms with Crippen LogP contribution < -0.4 is 10.2 Å². The Morgan fingerprint density at radius 3 is 2.79 bits per heavy atom. The molecule has 0 saturated carbocycles. The van der Waals surface area contributed by atoms with E-state index in [1.54, 1.807) is 22.8 Å². The third-order valence-electron chi connectivity index (χ3n) is 3.82. The molecule has 3 aromatic rings. The van der Waals surface area contributed by atoms with Crippen molar-refractivity contribution in [3.8, 4) is 0 Å². The van der Waals surface area contributed by atoms with Gasteiger partial charge in [-0.3, -0.25) is 4.79 Å². The summed E-state index contributed by atoms with van der Waals surface area (Å²) in [6, 6.07) is 9.10. The zero-order valence-corrected chi connectivity index (χ0v) is 12.9. The van der Waals surface area contributed by atoms with Gasteiger partial charge in [0.25, 0.3) is 5.91 Å². The highest BCUT2D eigenvalue weighted by molar-refractivity contribution is 6.02. The highest BCUT2D eigenvalue weighted by Crippen LogP contribution is 2.15. The molecule has 4 heterocycles. The standard InChI is InChI=1S/C16H16N6O2/c23-16(19-13-3-1-2-6-17-13)12-11-18-14-4-5-15(20-22(12)14)21-7-9-24-10-8-21/h1-6,11H,7-10H2,(H,17,19,23). The van der Waals surface area contributed by atoms with Gasteiger partial charge in [0.05, 0.1) is 19.4 Å². The molecular formula is C16H16N6O2. The van der Waals surface area contributed by atoms with Crippen molar-refractivity contribution in [2.75, 3.05) is 36.5 Å². The first-order valence-electron chi connectivity index (χ1n) is 7.71. The van der Waals surface area contributed by atoms with Gasteiger partial charge in [0.15, 0.2) is 11.3 Å². The monoisotopic (exact) mass is 324 g/mol. The Balaban J connectivity index is 1.64. The fraction of sp³-hybridized carbons (Fsp3) is 0.250. The molecule has 122 valence electrons. The summed E-state index contributed by atoms with van der Waals surface area (Å²) in [6.07, 6.45) is 3.14. The summed E-state index contributed by atoms with van der Waals surface area (Å²) in [5, 5.41) is 7.32. The van der Waals surface area contributed by atoms with E-state index in [2.05, 4.69) is 25.3 Å². The second-order valence-corrected chi connectivity index (χ2v) is 5.37. The molecule has 1 fully saturated rings. The number of nitrogens with one attached hydrogen (secondary N) is 1. The van der Waals surface area contributed by atoms with Crippen LogP contribution in [-0.4, -0.2) is 51.8 Å². The van der Waals surface area contributed by atoms with Gasteiger partial charge < -0.3 is 15.0 Å². The maximum atomic E-state index is 12.5. The van der Waals surface area contributed by atoms with Crippen molar-refractivity contribution < 1.29 is 9.53 Å². The SMILES string of the molecule is O=C(Nc1ccccn1)c1cnc2ccc(N3CCOCC3)nn12. The molecule has 1 aliphatic rings. The number of pyridine rings is 1. The summed E-state index contributed by atoms with van der Waals surface area (Å²) in [5.41, 5.74) is 0.990. The summed E-state index contributed by atoms with van der Waals surface area (Å²) in [5.74, 6) is 0.991. The van der Waals surface area contributed by atoms with Crippen LogP contribution in [0.15, 0.2) is 42.7 Å². The van der Waals surface area contributed by atoms with Crippen LogP contribution in [-0.2, 0) is 4.74 Å². The van der Waals surface area contributed by atoms with E-state index in [0.717, 1.165) is 18.9 Å². The van der Waals surface area contributed by atoms with Crippen LogP contribution in [0.1, 0.15) is 10.5 Å². The Kier molecular flexibility index (Phi) is 3.80. The van der Waals surface area contributed by atoms with Crippen LogP contribution in [0.25, 0.3) is 5.65 Å². The number of amides is 1. The van der Waals surface area contributed by atoms with Crippen LogP contribution in [0.3, 0.4) is 0 Å². The fourth-order valence-corrected chi connectivity index (χ4v) is 2.60. The number of rotatable bonds is 3. The number of nitrogens with zero attached hydrogens (tertiary/aromatic N) is 5. The van der Waals surface area contributed by atoms with E-state index in [4.69, 9.17) is 4.74 Å². The van der Waals surface area contributed by atoms with Gasteiger partial charge in [-0.05, 0) is 24.3 Å². The number of carbonyl (C=O) groups excluding carboxylic acids is 1. The Hall–Kier alpha value is -3.00. The zero-order valence-electron chi connectivity index (χ0n) is 12.9. The molecule has 24 heavy (non-hydrogen) atoms. The summed E-state index contributed by atoms with van der Waals surface area (Å²) in [4.78, 5) is 23.0. The maximum absolute atomic E-state index is 12.5. The van der Waals surface area contributed by atoms with Crippen molar-refractivity contribution in [3.05, 3.63) is 48.4 Å². The summed E-state index contributed by atoms with van der Waals surface area (Å²) in [7, 11) is 0. The van der Waals surface area contributed by atoms with E-state index >= 15 is 0 Å². The van der Waals surface area contributed by atoms with Crippen molar-refractivity contribution >= 4 is 23.2 Å². The van der Waals surface area contributed by atoms with Crippen LogP contribution in [0.4, 0.5) is 11.6 Å². The first-order valence-corrected chi connectivity index (χ1v) is 7.71. The minimum Gasteiger partial charge on any atom is -0.378 e. The lowest BCUT2D eigenvalue weighted by molar-refractivity contribution is 0.101. The van der Waals surface area contributed by atoms with Crippen LogP contribution in [0, 0.1) is 0 Å². The van der Waals surface area contributed by atoms with Gasteiger partial charge in [-0.2, -0.15) is 0 Å². The molecule has 0 atom stereocenters. The third-order valence-corrected chi connectivity index (χ3v) is 3.82. The van der Waals surface area contributed by atoms with Crippen molar-refractivity contribution in [2.45, 2.75) is 0 Å². The van der Waals surface area contributed by atoms with E-state index in [1.165, 1.54) is 6.20 Å². The number of morpholine rings is 1. The van der Waals surface area contributed by atoms with Gasteiger partial charge in [-0.15, -0.1) is 5.10 Å². The number of hydrogen-bond acceptors (Lipinski definition) is 6. The van der Waals surface area contributed by atoms with Crippen molar-refractivity contribution in [1.29, 1.82) is 0 Å². The third kappa shape index (κ3) is 2.79. The molecule has 1 N–H and O–H groups in total. The van der Waals surface area contributed by atoms with Gasteiger partial charge in [-0.25, -0.2) is 14.5 Å². The van der Waals surface area contributed by atoms with Gasteiger partial charge >= 0.3 is 0 Å². The predicted octanol–water partition coefficient (Wildman–Crippen LogP) is 1.21. The number of hydrogen-bond donors (Lipinski definition) is 1. The molecule has 8 nitrogen and oxygen atoms in total. The highest BCUT2D eigenvalue weighted by Gasteiger charge is 2.17. The van der Waals surface area contributed by atoms with E-state index < -0.39 is 0 Å². The molecule has 4 rings (SSSR count). The van der Waals surface area contributed by atoms with E-state index in [1.807, 2.05) is 18.2 Å². The molecular weight excluding hydrogens is 308 g/mol. The lowest BCUT2D eigenvalue weighted by Crippen LogP contribution is -2.37. The van der Waals surface area contributed by atoms with Crippen molar-refractivity contribution in [2.24, 2.45) is 0 Å². The van der Waals surface area contributed by atoms with Gasteiger partial charge in [0.2, 0.25) is 0 Å². The fourth-order valence-electron chi connectivity index (χ4n) is 2.60. The van der Waals surface area contributed by atoms with E-state index in [9.17, 15) is 4.79 Å². The lowest BCUT2D eigenvalue weighted by Gasteiger charge is -2.27. The number of anilines is 2. The summed E-state index contributed by atoms with van der Waals surface area (Å²) in [6.45, 7) is 2.92. The topological polar surface area (TPSA) is 84.7 Å². The van der Waals surface area contributed by atoms with Crippen molar-refractivity contribution in [1.82, 2.24) is 19.6 Å². The highest BCUT2D eigenvalue weighted by atomic mass is 16.5. The second-order valence-electron chi connectivity index (χ2n) is 5.37. The average Bonchev–Trinajstić information content (AvgIpc) is 3.06. The van der Waals surface area contributed by atoms with Gasteiger partial charge in [-0.1, -0.05) is 6.07 Å². The number of aromatic nitrogens is 4. The molecule has 0 aliphatic carbocycles. The normalized spacial score (nSPS) is 14.8. The zero-order chi connectivity index (χ0) is 16.4. The van der Waals surface area contributed by atoms with Gasteiger partial charge in [0, 0.05) is 19.3 Å². The minimum absolute atomic E-state index is 0.298. The molecule has 0 unspecified atom stereocenters. The molecule has 0 bridgehead atoms. The molecule has 0 radical (unpaired) electrons. The largest absolute Gasteiger partial charge is 0.378 e. The Morgan fingerprint density at radius 1 is 1.12 bits per heavy atom. The first kappa shape index (κ1) is 14.6. The molecule has 1 aliphatic heterocycles. The molecule has 0 aromatic carbocycles. The first-order chi connectivity index (χ1) is 11.8. The second kappa shape index (κ2) is 6.25. The molecule has 1 saturated heterocycles. The number of imidazole rings is 1. The van der Waals surface area contributed by atoms with E-state index in [-0.39, 0.29) is 5.91 Å². The average molecular weight is 324 g/mol. The number of ether oxygens (including phenoxy) is 1. The smallest absolute Gasteiger partial charge is 0.277 e. The molecule has 0 spiro atoms. The molecule has 3 aromatic heterocycles. The van der Waals surface area contributed by atoms with E-state index in [0.29, 0.717) is 30.4 Å². The van der Waals surface area contributed by atoms with Crippen LogP contribution in [0.5, 0.6) is 0 Å². The number of carbonyl (C=O) groups is 1.